The molecule has 0 bridgehead atoms. The van der Waals surface area contributed by atoms with Gasteiger partial charge in [-0.25, -0.2) is 4.79 Å². The van der Waals surface area contributed by atoms with Gasteiger partial charge < -0.3 is 15.8 Å². The molecular formula is C11H22N2O2. The van der Waals surface area contributed by atoms with Crippen molar-refractivity contribution in [3.8, 4) is 0 Å². The molecule has 1 rings (SSSR count). The van der Waals surface area contributed by atoms with Crippen LogP contribution in [-0.4, -0.2) is 25.3 Å². The Morgan fingerprint density at radius 3 is 3.00 bits per heavy atom. The van der Waals surface area contributed by atoms with E-state index in [1.807, 2.05) is 0 Å². The van der Waals surface area contributed by atoms with Gasteiger partial charge in [-0.2, -0.15) is 0 Å². The summed E-state index contributed by atoms with van der Waals surface area (Å²) in [6.45, 7) is 3.41. The molecule has 15 heavy (non-hydrogen) atoms. The fourth-order valence-electron chi connectivity index (χ4n) is 1.97. The number of carbonyl (C=O) groups excluding carboxylic acids is 1. The van der Waals surface area contributed by atoms with Crippen molar-refractivity contribution in [2.24, 2.45) is 11.7 Å². The molecule has 0 spiro atoms. The van der Waals surface area contributed by atoms with E-state index >= 15 is 0 Å². The van der Waals surface area contributed by atoms with Crippen LogP contribution in [0.2, 0.25) is 0 Å². The third kappa shape index (κ3) is 4.08. The summed E-state index contributed by atoms with van der Waals surface area (Å²) in [5.74, 6) is 0.363. The second-order valence-electron chi connectivity index (χ2n) is 4.15. The fourth-order valence-corrected chi connectivity index (χ4v) is 1.97. The maximum absolute atomic E-state index is 11.4. The van der Waals surface area contributed by atoms with Crippen LogP contribution in [0, 0.1) is 5.92 Å². The zero-order valence-electron chi connectivity index (χ0n) is 9.50. The van der Waals surface area contributed by atoms with Crippen molar-refractivity contribution in [3.05, 3.63) is 0 Å². The van der Waals surface area contributed by atoms with Gasteiger partial charge in [-0.1, -0.05) is 13.3 Å². The zero-order chi connectivity index (χ0) is 11.1. The zero-order valence-corrected chi connectivity index (χ0v) is 9.50. The molecule has 0 heterocycles. The Labute approximate surface area is 91.5 Å². The third-order valence-electron chi connectivity index (χ3n) is 2.95. The predicted octanol–water partition coefficient (Wildman–Crippen LogP) is 1.64. The Hall–Kier alpha value is -0.770. The first-order valence-electron chi connectivity index (χ1n) is 5.92. The fraction of sp³-hybridized carbons (Fsp3) is 0.909. The van der Waals surface area contributed by atoms with E-state index in [0.717, 1.165) is 32.1 Å². The van der Waals surface area contributed by atoms with Crippen molar-refractivity contribution in [1.29, 1.82) is 0 Å². The molecular weight excluding hydrogens is 192 g/mol. The molecule has 0 aliphatic heterocycles. The molecule has 2 atom stereocenters. The van der Waals surface area contributed by atoms with Gasteiger partial charge in [-0.3, -0.25) is 0 Å². The predicted molar refractivity (Wildman–Crippen MR) is 59.6 cm³/mol. The van der Waals surface area contributed by atoms with E-state index in [1.165, 1.54) is 0 Å². The molecule has 0 radical (unpaired) electrons. The van der Waals surface area contributed by atoms with Crippen molar-refractivity contribution < 1.29 is 9.53 Å². The molecule has 1 fully saturated rings. The average Bonchev–Trinajstić information content (AvgIpc) is 2.65. The molecule has 4 nitrogen and oxygen atoms in total. The smallest absolute Gasteiger partial charge is 0.407 e. The maximum Gasteiger partial charge on any atom is 0.407 e. The van der Waals surface area contributed by atoms with Gasteiger partial charge in [0.15, 0.2) is 0 Å². The SMILES string of the molecule is CCCCNC(=O)OC1CCCC1CN. The van der Waals surface area contributed by atoms with Crippen molar-refractivity contribution in [3.63, 3.8) is 0 Å². The Bertz CT molecular complexity index is 197. The van der Waals surface area contributed by atoms with E-state index in [4.69, 9.17) is 10.5 Å². The number of unbranched alkanes of at least 4 members (excludes halogenated alkanes) is 1. The molecule has 0 aromatic heterocycles. The van der Waals surface area contributed by atoms with E-state index in [2.05, 4.69) is 12.2 Å². The highest BCUT2D eigenvalue weighted by Gasteiger charge is 2.29. The van der Waals surface area contributed by atoms with Gasteiger partial charge in [-0.05, 0) is 32.2 Å². The Morgan fingerprint density at radius 1 is 1.53 bits per heavy atom. The maximum atomic E-state index is 11.4. The van der Waals surface area contributed by atoms with Gasteiger partial charge in [0.2, 0.25) is 0 Å². The Kier molecular flexibility index (Phi) is 5.47. The molecule has 0 saturated heterocycles. The van der Waals surface area contributed by atoms with Crippen LogP contribution in [-0.2, 0) is 4.74 Å². The Balaban J connectivity index is 2.19. The van der Waals surface area contributed by atoms with Crippen LogP contribution in [0.4, 0.5) is 4.79 Å². The largest absolute Gasteiger partial charge is 0.446 e. The van der Waals surface area contributed by atoms with Gasteiger partial charge in [0.1, 0.15) is 6.10 Å². The normalized spacial score (nSPS) is 25.2. The number of alkyl carbamates (subject to hydrolysis) is 1. The van der Waals surface area contributed by atoms with Crippen LogP contribution in [0.15, 0.2) is 0 Å². The van der Waals surface area contributed by atoms with Crippen molar-refractivity contribution in [1.82, 2.24) is 5.32 Å². The molecule has 1 amide bonds. The van der Waals surface area contributed by atoms with Crippen molar-refractivity contribution in [2.75, 3.05) is 13.1 Å². The van der Waals surface area contributed by atoms with Crippen LogP contribution in [0.1, 0.15) is 39.0 Å². The molecule has 0 aromatic rings. The van der Waals surface area contributed by atoms with Crippen LogP contribution >= 0.6 is 0 Å². The van der Waals surface area contributed by atoms with E-state index in [0.29, 0.717) is 19.0 Å². The van der Waals surface area contributed by atoms with E-state index in [1.54, 1.807) is 0 Å². The number of hydrogen-bond acceptors (Lipinski definition) is 3. The second-order valence-corrected chi connectivity index (χ2v) is 4.15. The van der Waals surface area contributed by atoms with Crippen LogP contribution in [0.3, 0.4) is 0 Å². The van der Waals surface area contributed by atoms with Gasteiger partial charge in [-0.15, -0.1) is 0 Å². The molecule has 4 heteroatoms. The molecule has 3 N–H and O–H groups in total. The molecule has 0 aromatic carbocycles. The van der Waals surface area contributed by atoms with Gasteiger partial charge in [0.25, 0.3) is 0 Å². The number of ether oxygens (including phenoxy) is 1. The molecule has 1 aliphatic carbocycles. The lowest BCUT2D eigenvalue weighted by atomic mass is 10.1. The van der Waals surface area contributed by atoms with Gasteiger partial charge in [0.05, 0.1) is 0 Å². The standard InChI is InChI=1S/C11H22N2O2/c1-2-3-7-13-11(14)15-10-6-4-5-9(10)8-12/h9-10H,2-8,12H2,1H3,(H,13,14). The summed E-state index contributed by atoms with van der Waals surface area (Å²) < 4.78 is 5.33. The highest BCUT2D eigenvalue weighted by molar-refractivity contribution is 5.67. The highest BCUT2D eigenvalue weighted by atomic mass is 16.6. The lowest BCUT2D eigenvalue weighted by Gasteiger charge is -2.18. The number of carbonyl (C=O) groups is 1. The van der Waals surface area contributed by atoms with E-state index in [9.17, 15) is 4.79 Å². The summed E-state index contributed by atoms with van der Waals surface area (Å²) in [6.07, 6.45) is 5.00. The van der Waals surface area contributed by atoms with Crippen LogP contribution in [0.25, 0.3) is 0 Å². The number of rotatable bonds is 5. The van der Waals surface area contributed by atoms with Crippen molar-refractivity contribution >= 4 is 6.09 Å². The highest BCUT2D eigenvalue weighted by Crippen LogP contribution is 2.27. The summed E-state index contributed by atoms with van der Waals surface area (Å²) in [4.78, 5) is 11.4. The summed E-state index contributed by atoms with van der Waals surface area (Å²) >= 11 is 0. The average molecular weight is 214 g/mol. The summed E-state index contributed by atoms with van der Waals surface area (Å²) in [5, 5.41) is 2.75. The Morgan fingerprint density at radius 2 is 2.33 bits per heavy atom. The first-order chi connectivity index (χ1) is 7.27. The number of nitrogens with two attached hydrogens (primary N) is 1. The minimum Gasteiger partial charge on any atom is -0.446 e. The summed E-state index contributed by atoms with van der Waals surface area (Å²) in [7, 11) is 0. The first kappa shape index (κ1) is 12.3. The van der Waals surface area contributed by atoms with Gasteiger partial charge in [0, 0.05) is 12.5 Å². The lowest BCUT2D eigenvalue weighted by molar-refractivity contribution is 0.0777. The number of hydrogen-bond donors (Lipinski definition) is 2. The van der Waals surface area contributed by atoms with E-state index in [-0.39, 0.29) is 12.2 Å². The second kappa shape index (κ2) is 6.67. The minimum atomic E-state index is -0.284. The molecule has 2 unspecified atom stereocenters. The van der Waals surface area contributed by atoms with Crippen LogP contribution < -0.4 is 11.1 Å². The van der Waals surface area contributed by atoms with Crippen LogP contribution in [0.5, 0.6) is 0 Å². The molecule has 88 valence electrons. The topological polar surface area (TPSA) is 64.3 Å². The van der Waals surface area contributed by atoms with E-state index < -0.39 is 0 Å². The number of amides is 1. The minimum absolute atomic E-state index is 0.0385. The summed E-state index contributed by atoms with van der Waals surface area (Å²) in [6, 6.07) is 0. The molecule has 1 saturated carbocycles. The monoisotopic (exact) mass is 214 g/mol. The summed E-state index contributed by atoms with van der Waals surface area (Å²) in [5.41, 5.74) is 5.61. The lowest BCUT2D eigenvalue weighted by Crippen LogP contribution is -2.33. The third-order valence-corrected chi connectivity index (χ3v) is 2.95. The molecule has 1 aliphatic rings. The van der Waals surface area contributed by atoms with Gasteiger partial charge >= 0.3 is 6.09 Å². The quantitative estimate of drug-likeness (QED) is 0.684. The van der Waals surface area contributed by atoms with Crippen molar-refractivity contribution in [2.45, 2.75) is 45.1 Å². The number of nitrogens with one attached hydrogen (secondary N) is 1. The first-order valence-corrected chi connectivity index (χ1v) is 5.92.